The van der Waals surface area contributed by atoms with E-state index in [0.29, 0.717) is 11.3 Å². The quantitative estimate of drug-likeness (QED) is 0.822. The van der Waals surface area contributed by atoms with Crippen LogP contribution in [0.3, 0.4) is 0 Å². The van der Waals surface area contributed by atoms with Gasteiger partial charge < -0.3 is 14.4 Å². The predicted octanol–water partition coefficient (Wildman–Crippen LogP) is 4.05. The minimum Gasteiger partial charge on any atom is -0.497 e. The van der Waals surface area contributed by atoms with Crippen LogP contribution in [-0.2, 0) is 4.74 Å². The first kappa shape index (κ1) is 17.5. The first-order chi connectivity index (χ1) is 10.6. The Morgan fingerprint density at radius 3 is 2.61 bits per heavy atom. The molecule has 1 aromatic carbocycles. The highest BCUT2D eigenvalue weighted by molar-refractivity contribution is 5.68. The van der Waals surface area contributed by atoms with E-state index in [9.17, 15) is 13.6 Å². The van der Waals surface area contributed by atoms with Crippen LogP contribution in [0, 0.1) is 0 Å². The van der Waals surface area contributed by atoms with Gasteiger partial charge in [-0.2, -0.15) is 0 Å². The lowest BCUT2D eigenvalue weighted by Crippen LogP contribution is -2.50. The predicted molar refractivity (Wildman–Crippen MR) is 83.1 cm³/mol. The monoisotopic (exact) mass is 327 g/mol. The number of nitrogens with zero attached hydrogens (tertiary/aromatic N) is 1. The number of halogens is 2. The van der Waals surface area contributed by atoms with Crippen molar-refractivity contribution < 1.29 is 23.0 Å². The van der Waals surface area contributed by atoms with E-state index in [1.807, 2.05) is 0 Å². The Balaban J connectivity index is 2.12. The van der Waals surface area contributed by atoms with Gasteiger partial charge in [-0.15, -0.1) is 0 Å². The highest BCUT2D eigenvalue weighted by Crippen LogP contribution is 2.41. The minimum absolute atomic E-state index is 0.180. The van der Waals surface area contributed by atoms with Crippen molar-refractivity contribution in [3.05, 3.63) is 29.8 Å². The zero-order chi connectivity index (χ0) is 17.3. The molecule has 1 heterocycles. The molecule has 0 aliphatic carbocycles. The summed E-state index contributed by atoms with van der Waals surface area (Å²) in [5.74, 6) is -3.40. The van der Waals surface area contributed by atoms with E-state index in [1.165, 1.54) is 7.11 Å². The molecule has 1 atom stereocenters. The SMILES string of the molecule is COc1cccc(C2CCN(C(=O)OC(C)(C)C)CC2(F)F)c1. The molecule has 0 N–H and O–H groups in total. The maximum absolute atomic E-state index is 14.5. The molecule has 23 heavy (non-hydrogen) atoms. The number of hydrogen-bond acceptors (Lipinski definition) is 3. The first-order valence-electron chi connectivity index (χ1n) is 7.62. The summed E-state index contributed by atoms with van der Waals surface area (Å²) in [6.07, 6.45) is -0.513. The normalized spacial score (nSPS) is 21.0. The zero-order valence-corrected chi connectivity index (χ0v) is 13.9. The summed E-state index contributed by atoms with van der Waals surface area (Å²) in [5, 5.41) is 0. The molecule has 1 amide bonds. The number of benzene rings is 1. The summed E-state index contributed by atoms with van der Waals surface area (Å²) >= 11 is 0. The van der Waals surface area contributed by atoms with Gasteiger partial charge in [0.15, 0.2) is 0 Å². The molecule has 1 aromatic rings. The van der Waals surface area contributed by atoms with E-state index in [0.717, 1.165) is 4.90 Å². The van der Waals surface area contributed by atoms with E-state index in [2.05, 4.69) is 0 Å². The lowest BCUT2D eigenvalue weighted by atomic mass is 9.86. The number of ether oxygens (including phenoxy) is 2. The number of amides is 1. The number of carbonyl (C=O) groups excluding carboxylic acids is 1. The lowest BCUT2D eigenvalue weighted by Gasteiger charge is -2.39. The second-order valence-corrected chi connectivity index (χ2v) is 6.78. The van der Waals surface area contributed by atoms with Crippen molar-refractivity contribution in [2.24, 2.45) is 0 Å². The highest BCUT2D eigenvalue weighted by atomic mass is 19.3. The highest BCUT2D eigenvalue weighted by Gasteiger charge is 2.47. The number of rotatable bonds is 2. The van der Waals surface area contributed by atoms with Gasteiger partial charge in [0.1, 0.15) is 11.4 Å². The van der Waals surface area contributed by atoms with E-state index in [4.69, 9.17) is 9.47 Å². The molecule has 6 heteroatoms. The third-order valence-corrected chi connectivity index (χ3v) is 3.75. The summed E-state index contributed by atoms with van der Waals surface area (Å²) in [7, 11) is 1.50. The van der Waals surface area contributed by atoms with Gasteiger partial charge in [0.2, 0.25) is 0 Å². The van der Waals surface area contributed by atoms with Crippen molar-refractivity contribution in [1.82, 2.24) is 4.90 Å². The van der Waals surface area contributed by atoms with Gasteiger partial charge in [-0.1, -0.05) is 12.1 Å². The summed E-state index contributed by atoms with van der Waals surface area (Å²) in [6.45, 7) is 4.75. The molecular formula is C17H23F2NO3. The van der Waals surface area contributed by atoms with Crippen LogP contribution in [0.15, 0.2) is 24.3 Å². The van der Waals surface area contributed by atoms with Crippen molar-refractivity contribution in [1.29, 1.82) is 0 Å². The van der Waals surface area contributed by atoms with Crippen LogP contribution in [0.1, 0.15) is 38.7 Å². The topological polar surface area (TPSA) is 38.8 Å². The van der Waals surface area contributed by atoms with Gasteiger partial charge in [0.05, 0.1) is 19.6 Å². The molecular weight excluding hydrogens is 304 g/mol. The Morgan fingerprint density at radius 1 is 1.35 bits per heavy atom. The third kappa shape index (κ3) is 4.33. The van der Waals surface area contributed by atoms with E-state index < -0.39 is 30.1 Å². The van der Waals surface area contributed by atoms with Crippen molar-refractivity contribution in [3.63, 3.8) is 0 Å². The fourth-order valence-electron chi connectivity index (χ4n) is 2.69. The Kier molecular flexibility index (Phi) is 4.82. The van der Waals surface area contributed by atoms with Crippen LogP contribution >= 0.6 is 0 Å². The number of carbonyl (C=O) groups is 1. The van der Waals surface area contributed by atoms with Gasteiger partial charge in [0.25, 0.3) is 5.92 Å². The van der Waals surface area contributed by atoms with Crippen LogP contribution in [0.4, 0.5) is 13.6 Å². The summed E-state index contributed by atoms with van der Waals surface area (Å²) < 4.78 is 39.4. The molecule has 0 saturated carbocycles. The van der Waals surface area contributed by atoms with Crippen LogP contribution < -0.4 is 4.74 Å². The van der Waals surface area contributed by atoms with Crippen LogP contribution in [0.5, 0.6) is 5.75 Å². The van der Waals surface area contributed by atoms with E-state index in [-0.39, 0.29) is 13.0 Å². The summed E-state index contributed by atoms with van der Waals surface area (Å²) in [5.41, 5.74) is -0.172. The second-order valence-electron chi connectivity index (χ2n) is 6.78. The van der Waals surface area contributed by atoms with Gasteiger partial charge in [-0.25, -0.2) is 13.6 Å². The third-order valence-electron chi connectivity index (χ3n) is 3.75. The van der Waals surface area contributed by atoms with Crippen LogP contribution in [0.25, 0.3) is 0 Å². The number of methoxy groups -OCH3 is 1. The molecule has 0 bridgehead atoms. The number of hydrogen-bond donors (Lipinski definition) is 0. The Hall–Kier alpha value is -1.85. The largest absolute Gasteiger partial charge is 0.497 e. The molecule has 0 aromatic heterocycles. The number of piperidine rings is 1. The molecule has 128 valence electrons. The fourth-order valence-corrected chi connectivity index (χ4v) is 2.69. The standard InChI is InChI=1S/C17H23F2NO3/c1-16(2,3)23-15(21)20-9-8-14(17(18,19)11-20)12-6-5-7-13(10-12)22-4/h5-7,10,14H,8-9,11H2,1-4H3. The van der Waals surface area contributed by atoms with Crippen molar-refractivity contribution >= 4 is 6.09 Å². The van der Waals surface area contributed by atoms with Gasteiger partial charge in [-0.3, -0.25) is 0 Å². The number of alkyl halides is 2. The van der Waals surface area contributed by atoms with Gasteiger partial charge in [0, 0.05) is 6.54 Å². The Morgan fingerprint density at radius 2 is 2.04 bits per heavy atom. The summed E-state index contributed by atoms with van der Waals surface area (Å²) in [4.78, 5) is 13.1. The molecule has 1 unspecified atom stereocenters. The molecule has 1 aliphatic heterocycles. The van der Waals surface area contributed by atoms with E-state index in [1.54, 1.807) is 45.0 Å². The smallest absolute Gasteiger partial charge is 0.410 e. The maximum atomic E-state index is 14.5. The zero-order valence-electron chi connectivity index (χ0n) is 13.9. The average molecular weight is 327 g/mol. The molecule has 1 fully saturated rings. The Labute approximate surface area is 135 Å². The van der Waals surface area contributed by atoms with Gasteiger partial charge >= 0.3 is 6.09 Å². The maximum Gasteiger partial charge on any atom is 0.410 e. The molecule has 0 spiro atoms. The van der Waals surface area contributed by atoms with Crippen LogP contribution in [-0.4, -0.2) is 42.7 Å². The summed E-state index contributed by atoms with van der Waals surface area (Å²) in [6, 6.07) is 6.72. The average Bonchev–Trinajstić information content (AvgIpc) is 2.44. The van der Waals surface area contributed by atoms with E-state index >= 15 is 0 Å². The molecule has 4 nitrogen and oxygen atoms in total. The van der Waals surface area contributed by atoms with Gasteiger partial charge in [-0.05, 0) is 44.9 Å². The fraction of sp³-hybridized carbons (Fsp3) is 0.588. The van der Waals surface area contributed by atoms with Crippen LogP contribution in [0.2, 0.25) is 0 Å². The minimum atomic E-state index is -3.01. The molecule has 0 radical (unpaired) electrons. The number of likely N-dealkylation sites (tertiary alicyclic amines) is 1. The van der Waals surface area contributed by atoms with Crippen molar-refractivity contribution in [3.8, 4) is 5.75 Å². The molecule has 1 aliphatic rings. The Bertz CT molecular complexity index is 569. The second kappa shape index (κ2) is 6.34. The molecule has 1 saturated heterocycles. The van der Waals surface area contributed by atoms with Crippen molar-refractivity contribution in [2.45, 2.75) is 44.6 Å². The first-order valence-corrected chi connectivity index (χ1v) is 7.62. The van der Waals surface area contributed by atoms with Crippen molar-refractivity contribution in [2.75, 3.05) is 20.2 Å². The lowest BCUT2D eigenvalue weighted by molar-refractivity contribution is -0.0849. The molecule has 2 rings (SSSR count).